The summed E-state index contributed by atoms with van der Waals surface area (Å²) in [6, 6.07) is 0.540. The third-order valence-corrected chi connectivity index (χ3v) is 3.87. The zero-order valence-corrected chi connectivity index (χ0v) is 12.1. The summed E-state index contributed by atoms with van der Waals surface area (Å²) in [5, 5.41) is 3.47. The van der Waals surface area contributed by atoms with Gasteiger partial charge in [0.1, 0.15) is 12.1 Å². The average molecular weight is 264 g/mol. The molecule has 1 N–H and O–H groups in total. The lowest BCUT2D eigenvalue weighted by Gasteiger charge is -2.34. The number of aryl methyl sites for hydroxylation is 1. The average Bonchev–Trinajstić information content (AvgIpc) is 2.45. The zero-order chi connectivity index (χ0) is 13.7. The molecule has 0 saturated carbocycles. The molecule has 1 saturated heterocycles. The molecule has 19 heavy (non-hydrogen) atoms. The Balaban J connectivity index is 1.93. The van der Waals surface area contributed by atoms with E-state index >= 15 is 0 Å². The number of aromatic nitrogens is 2. The van der Waals surface area contributed by atoms with Gasteiger partial charge in [-0.05, 0) is 20.3 Å². The normalized spacial score (nSPS) is 18.3. The Kier molecular flexibility index (Phi) is 5.10. The molecule has 5 heteroatoms. The Morgan fingerprint density at radius 1 is 1.32 bits per heavy atom. The molecule has 0 bridgehead atoms. The van der Waals surface area contributed by atoms with Gasteiger partial charge in [0.15, 0.2) is 0 Å². The highest BCUT2D eigenvalue weighted by molar-refractivity contribution is 5.44. The van der Waals surface area contributed by atoms with Gasteiger partial charge in [-0.3, -0.25) is 4.90 Å². The number of ether oxygens (including phenoxy) is 1. The van der Waals surface area contributed by atoms with E-state index in [-0.39, 0.29) is 0 Å². The van der Waals surface area contributed by atoms with E-state index in [0.717, 1.165) is 56.3 Å². The fourth-order valence-electron chi connectivity index (χ4n) is 2.41. The molecule has 1 aliphatic rings. The van der Waals surface area contributed by atoms with Crippen molar-refractivity contribution in [3.63, 3.8) is 0 Å². The van der Waals surface area contributed by atoms with Gasteiger partial charge in [-0.25, -0.2) is 9.97 Å². The second-order valence-electron chi connectivity index (χ2n) is 5.02. The van der Waals surface area contributed by atoms with E-state index in [4.69, 9.17) is 4.74 Å². The second-order valence-corrected chi connectivity index (χ2v) is 5.02. The first kappa shape index (κ1) is 14.2. The summed E-state index contributed by atoms with van der Waals surface area (Å²) < 4.78 is 5.41. The van der Waals surface area contributed by atoms with Gasteiger partial charge in [0.05, 0.1) is 13.2 Å². The molecule has 0 aliphatic carbocycles. The van der Waals surface area contributed by atoms with Crippen LogP contribution in [0.15, 0.2) is 6.33 Å². The first-order valence-corrected chi connectivity index (χ1v) is 7.06. The van der Waals surface area contributed by atoms with E-state index in [1.807, 2.05) is 6.92 Å². The molecular weight excluding hydrogens is 240 g/mol. The molecule has 106 valence electrons. The minimum atomic E-state index is 0.540. The van der Waals surface area contributed by atoms with Gasteiger partial charge in [-0.2, -0.15) is 0 Å². The van der Waals surface area contributed by atoms with Crippen LogP contribution in [0.4, 0.5) is 5.82 Å². The fraction of sp³-hybridized carbons (Fsp3) is 0.714. The number of rotatable bonds is 5. The lowest BCUT2D eigenvalue weighted by molar-refractivity contribution is 0.0184. The summed E-state index contributed by atoms with van der Waals surface area (Å²) in [4.78, 5) is 11.0. The van der Waals surface area contributed by atoms with E-state index < -0.39 is 0 Å². The quantitative estimate of drug-likeness (QED) is 0.875. The van der Waals surface area contributed by atoms with Gasteiger partial charge in [-0.15, -0.1) is 0 Å². The lowest BCUT2D eigenvalue weighted by atomic mass is 10.1. The summed E-state index contributed by atoms with van der Waals surface area (Å²) in [5.41, 5.74) is 2.18. The van der Waals surface area contributed by atoms with E-state index in [1.54, 1.807) is 6.33 Å². The molecule has 2 heterocycles. The van der Waals surface area contributed by atoms with E-state index in [2.05, 4.69) is 34.0 Å². The summed E-state index contributed by atoms with van der Waals surface area (Å²) in [6.07, 6.45) is 2.76. The minimum Gasteiger partial charge on any atom is -0.379 e. The topological polar surface area (TPSA) is 50.3 Å². The molecule has 1 aromatic heterocycles. The van der Waals surface area contributed by atoms with Crippen molar-refractivity contribution in [2.45, 2.75) is 33.2 Å². The maximum absolute atomic E-state index is 5.41. The predicted molar refractivity (Wildman–Crippen MR) is 76.5 cm³/mol. The number of hydrogen-bond acceptors (Lipinski definition) is 5. The van der Waals surface area contributed by atoms with Crippen molar-refractivity contribution in [3.05, 3.63) is 17.6 Å². The van der Waals surface area contributed by atoms with Crippen LogP contribution in [-0.2, 0) is 4.74 Å². The lowest BCUT2D eigenvalue weighted by Crippen LogP contribution is -2.46. The molecule has 1 fully saturated rings. The van der Waals surface area contributed by atoms with Gasteiger partial charge < -0.3 is 10.1 Å². The van der Waals surface area contributed by atoms with Crippen molar-refractivity contribution in [1.82, 2.24) is 14.9 Å². The molecule has 0 aromatic carbocycles. The molecule has 2 rings (SSSR count). The molecule has 1 unspecified atom stereocenters. The summed E-state index contributed by atoms with van der Waals surface area (Å²) in [7, 11) is 0. The zero-order valence-electron chi connectivity index (χ0n) is 12.1. The third kappa shape index (κ3) is 3.64. The monoisotopic (exact) mass is 264 g/mol. The van der Waals surface area contributed by atoms with Crippen LogP contribution in [0.3, 0.4) is 0 Å². The third-order valence-electron chi connectivity index (χ3n) is 3.87. The van der Waals surface area contributed by atoms with Crippen molar-refractivity contribution < 1.29 is 4.74 Å². The van der Waals surface area contributed by atoms with Crippen molar-refractivity contribution in [2.24, 2.45) is 0 Å². The molecule has 0 radical (unpaired) electrons. The highest BCUT2D eigenvalue weighted by atomic mass is 16.5. The standard InChI is InChI=1S/C14H24N4O/c1-4-13(18-5-7-19-8-6-18)9-15-14-11(2)12(3)16-10-17-14/h10,13H,4-9H2,1-3H3,(H,15,16,17). The van der Waals surface area contributed by atoms with Crippen molar-refractivity contribution in [2.75, 3.05) is 38.2 Å². The Morgan fingerprint density at radius 2 is 2.05 bits per heavy atom. The van der Waals surface area contributed by atoms with Crippen LogP contribution in [0.1, 0.15) is 24.6 Å². The summed E-state index contributed by atoms with van der Waals surface area (Å²) in [6.45, 7) is 11.0. The molecule has 1 aliphatic heterocycles. The Morgan fingerprint density at radius 3 is 2.74 bits per heavy atom. The van der Waals surface area contributed by atoms with Gasteiger partial charge in [0, 0.05) is 36.9 Å². The SMILES string of the molecule is CCC(CNc1ncnc(C)c1C)N1CCOCC1. The summed E-state index contributed by atoms with van der Waals surface area (Å²) >= 11 is 0. The van der Waals surface area contributed by atoms with E-state index in [9.17, 15) is 0 Å². The molecule has 0 spiro atoms. The first-order valence-electron chi connectivity index (χ1n) is 7.06. The van der Waals surface area contributed by atoms with Crippen LogP contribution in [0.2, 0.25) is 0 Å². The molecule has 0 amide bonds. The van der Waals surface area contributed by atoms with Gasteiger partial charge in [-0.1, -0.05) is 6.92 Å². The van der Waals surface area contributed by atoms with Crippen LogP contribution in [0.25, 0.3) is 0 Å². The van der Waals surface area contributed by atoms with Crippen molar-refractivity contribution in [3.8, 4) is 0 Å². The molecule has 1 aromatic rings. The van der Waals surface area contributed by atoms with Crippen LogP contribution in [0.5, 0.6) is 0 Å². The maximum atomic E-state index is 5.41. The highest BCUT2D eigenvalue weighted by Crippen LogP contribution is 2.14. The molecule has 1 atom stereocenters. The Bertz CT molecular complexity index is 404. The van der Waals surface area contributed by atoms with Crippen LogP contribution in [-0.4, -0.2) is 53.8 Å². The highest BCUT2D eigenvalue weighted by Gasteiger charge is 2.19. The first-order chi connectivity index (χ1) is 9.22. The van der Waals surface area contributed by atoms with Crippen LogP contribution in [0, 0.1) is 13.8 Å². The van der Waals surface area contributed by atoms with E-state index in [1.165, 1.54) is 0 Å². The maximum Gasteiger partial charge on any atom is 0.132 e. The van der Waals surface area contributed by atoms with Gasteiger partial charge in [0.25, 0.3) is 0 Å². The smallest absolute Gasteiger partial charge is 0.132 e. The van der Waals surface area contributed by atoms with Crippen LogP contribution >= 0.6 is 0 Å². The Labute approximate surface area is 115 Å². The van der Waals surface area contributed by atoms with Crippen molar-refractivity contribution >= 4 is 5.82 Å². The largest absolute Gasteiger partial charge is 0.379 e. The molecule has 5 nitrogen and oxygen atoms in total. The van der Waals surface area contributed by atoms with Crippen LogP contribution < -0.4 is 5.32 Å². The van der Waals surface area contributed by atoms with E-state index in [0.29, 0.717) is 6.04 Å². The Hall–Kier alpha value is -1.20. The second kappa shape index (κ2) is 6.82. The number of morpholine rings is 1. The molecular formula is C14H24N4O. The summed E-state index contributed by atoms with van der Waals surface area (Å²) in [5.74, 6) is 0.958. The van der Waals surface area contributed by atoms with Crippen molar-refractivity contribution in [1.29, 1.82) is 0 Å². The van der Waals surface area contributed by atoms with Gasteiger partial charge >= 0.3 is 0 Å². The number of nitrogens with one attached hydrogen (secondary N) is 1. The number of nitrogens with zero attached hydrogens (tertiary/aromatic N) is 3. The minimum absolute atomic E-state index is 0.540. The number of hydrogen-bond donors (Lipinski definition) is 1. The number of anilines is 1. The fourth-order valence-corrected chi connectivity index (χ4v) is 2.41. The predicted octanol–water partition coefficient (Wildman–Crippen LogP) is 1.62. The van der Waals surface area contributed by atoms with Gasteiger partial charge in [0.2, 0.25) is 0 Å².